The van der Waals surface area contributed by atoms with Gasteiger partial charge in [-0.25, -0.2) is 9.50 Å². The summed E-state index contributed by atoms with van der Waals surface area (Å²) in [5, 5.41) is 3.12. The summed E-state index contributed by atoms with van der Waals surface area (Å²) in [6, 6.07) is 8.88. The van der Waals surface area contributed by atoms with Crippen molar-refractivity contribution in [1.29, 1.82) is 0 Å². The molecule has 7 nitrogen and oxygen atoms in total. The largest absolute Gasteiger partial charge is 0.493 e. The van der Waals surface area contributed by atoms with E-state index in [9.17, 15) is 4.79 Å². The number of nitrogens with one attached hydrogen (secondary N) is 1. The van der Waals surface area contributed by atoms with Gasteiger partial charge in [0.05, 0.1) is 19.4 Å². The molecule has 7 heteroatoms. The number of nitrogens with zero attached hydrogens (tertiary/aromatic N) is 3. The fourth-order valence-electron chi connectivity index (χ4n) is 5.07. The molecule has 158 valence electrons. The number of ether oxygens (including phenoxy) is 2. The third kappa shape index (κ3) is 3.17. The standard InChI is InChI=1S/C23H28N4O3/c1-4-30-20-8-5-15(10-21(20)29-3)13-26-16-6-7-17(26)12-19-18(11-16)23(28)27-22(24-19)9-14(2)25-27/h5,8-10,16-17,25H,4,6-7,11-13H2,1-3H3/t16-,17+/m0/s1. The zero-order valence-electron chi connectivity index (χ0n) is 17.8. The first-order chi connectivity index (χ1) is 14.6. The summed E-state index contributed by atoms with van der Waals surface area (Å²) in [6.45, 7) is 5.37. The molecule has 2 bridgehead atoms. The molecule has 2 aromatic heterocycles. The van der Waals surface area contributed by atoms with E-state index in [0.717, 1.165) is 66.3 Å². The van der Waals surface area contributed by atoms with Crippen molar-refractivity contribution in [3.05, 3.63) is 57.1 Å². The topological polar surface area (TPSA) is 71.9 Å². The van der Waals surface area contributed by atoms with Crippen molar-refractivity contribution in [3.8, 4) is 11.5 Å². The van der Waals surface area contributed by atoms with Gasteiger partial charge in [-0.2, -0.15) is 0 Å². The Balaban J connectivity index is 1.45. The predicted octanol–water partition coefficient (Wildman–Crippen LogP) is 2.87. The molecule has 1 aromatic carbocycles. The maximum absolute atomic E-state index is 13.1. The quantitative estimate of drug-likeness (QED) is 0.703. The summed E-state index contributed by atoms with van der Waals surface area (Å²) in [5.74, 6) is 1.54. The second-order valence-electron chi connectivity index (χ2n) is 8.36. The normalized spacial score (nSPS) is 20.9. The number of methoxy groups -OCH3 is 1. The molecular formula is C23H28N4O3. The lowest BCUT2D eigenvalue weighted by atomic mass is 9.98. The highest BCUT2D eigenvalue weighted by Crippen LogP contribution is 2.35. The molecule has 2 aliphatic rings. The van der Waals surface area contributed by atoms with Crippen LogP contribution in [0.1, 0.15) is 42.3 Å². The SMILES string of the molecule is CCOc1ccc(CN2[C@@H]3CC[C@H]2Cc2c(nc4cc(C)[nH]n4c2=O)C3)cc1OC. The lowest BCUT2D eigenvalue weighted by molar-refractivity contribution is 0.187. The minimum absolute atomic E-state index is 0.0540. The number of fused-ring (bicyclic) bond motifs is 4. The molecule has 1 fully saturated rings. The zero-order valence-corrected chi connectivity index (χ0v) is 17.8. The fourth-order valence-corrected chi connectivity index (χ4v) is 5.07. The Morgan fingerprint density at radius 2 is 1.97 bits per heavy atom. The number of hydrogen-bond donors (Lipinski definition) is 1. The molecule has 3 aromatic rings. The second-order valence-corrected chi connectivity index (χ2v) is 8.36. The van der Waals surface area contributed by atoms with E-state index >= 15 is 0 Å². The molecule has 0 radical (unpaired) electrons. The van der Waals surface area contributed by atoms with Crippen LogP contribution in [-0.2, 0) is 19.4 Å². The molecular weight excluding hydrogens is 380 g/mol. The summed E-state index contributed by atoms with van der Waals surface area (Å²) >= 11 is 0. The lowest BCUT2D eigenvalue weighted by Gasteiger charge is -2.28. The van der Waals surface area contributed by atoms with Crippen molar-refractivity contribution < 1.29 is 9.47 Å². The van der Waals surface area contributed by atoms with E-state index in [1.54, 1.807) is 11.6 Å². The summed E-state index contributed by atoms with van der Waals surface area (Å²) in [5.41, 5.74) is 4.77. The molecule has 0 amide bonds. The zero-order chi connectivity index (χ0) is 20.8. The van der Waals surface area contributed by atoms with Gasteiger partial charge in [0.25, 0.3) is 5.56 Å². The van der Waals surface area contributed by atoms with Crippen molar-refractivity contribution in [2.75, 3.05) is 13.7 Å². The third-order valence-corrected chi connectivity index (χ3v) is 6.45. The minimum atomic E-state index is 0.0540. The van der Waals surface area contributed by atoms with Crippen molar-refractivity contribution in [1.82, 2.24) is 19.5 Å². The molecule has 0 saturated carbocycles. The maximum Gasteiger partial charge on any atom is 0.276 e. The van der Waals surface area contributed by atoms with Crippen LogP contribution in [0.2, 0.25) is 0 Å². The maximum atomic E-state index is 13.1. The minimum Gasteiger partial charge on any atom is -0.493 e. The highest BCUT2D eigenvalue weighted by Gasteiger charge is 2.38. The number of aryl methyl sites for hydroxylation is 1. The molecule has 1 saturated heterocycles. The van der Waals surface area contributed by atoms with Crippen LogP contribution < -0.4 is 15.0 Å². The summed E-state index contributed by atoms with van der Waals surface area (Å²) in [6.07, 6.45) is 3.85. The number of aromatic amines is 1. The van der Waals surface area contributed by atoms with Gasteiger partial charge in [-0.15, -0.1) is 0 Å². The van der Waals surface area contributed by atoms with E-state index < -0.39 is 0 Å². The molecule has 0 aliphatic carbocycles. The molecule has 30 heavy (non-hydrogen) atoms. The van der Waals surface area contributed by atoms with Crippen LogP contribution in [0, 0.1) is 6.92 Å². The summed E-state index contributed by atoms with van der Waals surface area (Å²) < 4.78 is 12.8. The van der Waals surface area contributed by atoms with Crippen LogP contribution in [0.25, 0.3) is 5.65 Å². The van der Waals surface area contributed by atoms with Crippen molar-refractivity contribution in [3.63, 3.8) is 0 Å². The Bertz CT molecular complexity index is 1150. The van der Waals surface area contributed by atoms with Gasteiger partial charge < -0.3 is 9.47 Å². The van der Waals surface area contributed by atoms with Crippen molar-refractivity contribution >= 4 is 5.65 Å². The summed E-state index contributed by atoms with van der Waals surface area (Å²) in [4.78, 5) is 20.5. The number of benzene rings is 1. The number of rotatable bonds is 5. The van der Waals surface area contributed by atoms with Crippen LogP contribution in [0.3, 0.4) is 0 Å². The van der Waals surface area contributed by atoms with Gasteiger partial charge in [-0.05, 0) is 50.8 Å². The first-order valence-corrected chi connectivity index (χ1v) is 10.7. The van der Waals surface area contributed by atoms with Crippen LogP contribution >= 0.6 is 0 Å². The second kappa shape index (κ2) is 7.47. The molecule has 0 unspecified atom stereocenters. The van der Waals surface area contributed by atoms with E-state index in [-0.39, 0.29) is 5.56 Å². The Morgan fingerprint density at radius 1 is 1.17 bits per heavy atom. The Labute approximate surface area is 175 Å². The van der Waals surface area contributed by atoms with E-state index in [1.807, 2.05) is 26.0 Å². The first kappa shape index (κ1) is 19.2. The Hall–Kier alpha value is -2.80. The predicted molar refractivity (Wildman–Crippen MR) is 114 cm³/mol. The first-order valence-electron chi connectivity index (χ1n) is 10.7. The van der Waals surface area contributed by atoms with Crippen LogP contribution in [0.4, 0.5) is 0 Å². The van der Waals surface area contributed by atoms with E-state index in [2.05, 4.69) is 22.1 Å². The van der Waals surface area contributed by atoms with Crippen molar-refractivity contribution in [2.24, 2.45) is 0 Å². The third-order valence-electron chi connectivity index (χ3n) is 6.45. The Morgan fingerprint density at radius 3 is 2.73 bits per heavy atom. The fraction of sp³-hybridized carbons (Fsp3) is 0.478. The number of H-pyrrole nitrogens is 1. The van der Waals surface area contributed by atoms with Crippen LogP contribution in [0.15, 0.2) is 29.1 Å². The Kier molecular flexibility index (Phi) is 4.77. The summed E-state index contributed by atoms with van der Waals surface area (Å²) in [7, 11) is 1.68. The average molecular weight is 409 g/mol. The van der Waals surface area contributed by atoms with Gasteiger partial charge in [0.15, 0.2) is 17.1 Å². The molecule has 2 aliphatic heterocycles. The highest BCUT2D eigenvalue weighted by atomic mass is 16.5. The lowest BCUT2D eigenvalue weighted by Crippen LogP contribution is -2.36. The van der Waals surface area contributed by atoms with E-state index in [4.69, 9.17) is 14.5 Å². The van der Waals surface area contributed by atoms with Crippen LogP contribution in [-0.4, -0.2) is 45.3 Å². The van der Waals surface area contributed by atoms with E-state index in [0.29, 0.717) is 18.7 Å². The van der Waals surface area contributed by atoms with Gasteiger partial charge in [0.2, 0.25) is 0 Å². The number of aromatic nitrogens is 3. The molecule has 2 atom stereocenters. The van der Waals surface area contributed by atoms with Gasteiger partial charge in [0.1, 0.15) is 0 Å². The van der Waals surface area contributed by atoms with E-state index in [1.165, 1.54) is 5.56 Å². The van der Waals surface area contributed by atoms with Gasteiger partial charge in [0, 0.05) is 42.4 Å². The molecule has 5 rings (SSSR count). The molecule has 4 heterocycles. The van der Waals surface area contributed by atoms with Gasteiger partial charge >= 0.3 is 0 Å². The average Bonchev–Trinajstić information content (AvgIpc) is 3.23. The van der Waals surface area contributed by atoms with Crippen molar-refractivity contribution in [2.45, 2.75) is 58.2 Å². The molecule has 0 spiro atoms. The number of hydrogen-bond acceptors (Lipinski definition) is 5. The smallest absolute Gasteiger partial charge is 0.276 e. The van der Waals surface area contributed by atoms with Crippen LogP contribution in [0.5, 0.6) is 11.5 Å². The molecule has 1 N–H and O–H groups in total. The van der Waals surface area contributed by atoms with Gasteiger partial charge in [-0.1, -0.05) is 6.07 Å². The monoisotopic (exact) mass is 408 g/mol. The highest BCUT2D eigenvalue weighted by molar-refractivity contribution is 5.44. The van der Waals surface area contributed by atoms with Gasteiger partial charge in [-0.3, -0.25) is 14.8 Å².